The number of rotatable bonds is 3. The third-order valence-corrected chi connectivity index (χ3v) is 2.06. The number of halogens is 1. The predicted molar refractivity (Wildman–Crippen MR) is 62.9 cm³/mol. The molecule has 0 radical (unpaired) electrons. The predicted octanol–water partition coefficient (Wildman–Crippen LogP) is 2.41. The Morgan fingerprint density at radius 1 is 1.33 bits per heavy atom. The van der Waals surface area contributed by atoms with E-state index in [4.69, 9.17) is 9.84 Å². The highest BCUT2D eigenvalue weighted by Gasteiger charge is 2.19. The lowest BCUT2D eigenvalue weighted by atomic mass is 10.0. The summed E-state index contributed by atoms with van der Waals surface area (Å²) in [6.07, 6.45) is -0.195. The van der Waals surface area contributed by atoms with Gasteiger partial charge in [-0.1, -0.05) is 6.07 Å². The Hall–Kier alpha value is -1.91. The maximum absolute atomic E-state index is 12.9. The van der Waals surface area contributed by atoms with Gasteiger partial charge in [0.25, 0.3) is 0 Å². The monoisotopic (exact) mass is 254 g/mol. The number of carboxylic acids is 1. The summed E-state index contributed by atoms with van der Waals surface area (Å²) < 4.78 is 18.0. The molecule has 0 spiro atoms. The van der Waals surface area contributed by atoms with Crippen LogP contribution in [0.5, 0.6) is 0 Å². The van der Waals surface area contributed by atoms with Crippen LogP contribution in [0.25, 0.3) is 0 Å². The van der Waals surface area contributed by atoms with Crippen molar-refractivity contribution in [2.45, 2.75) is 32.8 Å². The summed E-state index contributed by atoms with van der Waals surface area (Å²) >= 11 is 0. The largest absolute Gasteiger partial charge is 0.478 e. The number of esters is 1. The van der Waals surface area contributed by atoms with Gasteiger partial charge in [-0.05, 0) is 38.5 Å². The van der Waals surface area contributed by atoms with Crippen molar-refractivity contribution in [1.82, 2.24) is 0 Å². The van der Waals surface area contributed by atoms with Gasteiger partial charge in [-0.2, -0.15) is 0 Å². The zero-order chi connectivity index (χ0) is 13.9. The van der Waals surface area contributed by atoms with Gasteiger partial charge in [-0.25, -0.2) is 9.18 Å². The highest BCUT2D eigenvalue weighted by Crippen LogP contribution is 2.15. The van der Waals surface area contributed by atoms with E-state index >= 15 is 0 Å². The normalized spacial score (nSPS) is 11.1. The Bertz CT molecular complexity index is 474. The maximum atomic E-state index is 12.9. The Morgan fingerprint density at radius 2 is 1.94 bits per heavy atom. The molecular formula is C13H15FO4. The maximum Gasteiger partial charge on any atom is 0.336 e. The van der Waals surface area contributed by atoms with Crippen LogP contribution in [0.1, 0.15) is 36.7 Å². The molecule has 98 valence electrons. The summed E-state index contributed by atoms with van der Waals surface area (Å²) in [6.45, 7) is 5.15. The average molecular weight is 254 g/mol. The van der Waals surface area contributed by atoms with E-state index in [2.05, 4.69) is 0 Å². The van der Waals surface area contributed by atoms with Crippen molar-refractivity contribution in [2.24, 2.45) is 0 Å². The van der Waals surface area contributed by atoms with Crippen LogP contribution in [-0.4, -0.2) is 22.6 Å². The summed E-state index contributed by atoms with van der Waals surface area (Å²) in [4.78, 5) is 22.5. The fraction of sp³-hybridized carbons (Fsp3) is 0.385. The van der Waals surface area contributed by atoms with Gasteiger partial charge < -0.3 is 9.84 Å². The number of ether oxygens (including phenoxy) is 1. The van der Waals surface area contributed by atoms with Crippen LogP contribution in [-0.2, 0) is 16.0 Å². The van der Waals surface area contributed by atoms with Crippen molar-refractivity contribution in [3.8, 4) is 0 Å². The molecule has 0 bridgehead atoms. The van der Waals surface area contributed by atoms with Crippen molar-refractivity contribution < 1.29 is 23.8 Å². The van der Waals surface area contributed by atoms with E-state index in [0.717, 1.165) is 12.1 Å². The first-order chi connectivity index (χ1) is 8.19. The molecule has 0 heterocycles. The van der Waals surface area contributed by atoms with Crippen molar-refractivity contribution in [1.29, 1.82) is 0 Å². The quantitative estimate of drug-likeness (QED) is 0.841. The van der Waals surface area contributed by atoms with Gasteiger partial charge in [-0.15, -0.1) is 0 Å². The van der Waals surface area contributed by atoms with Gasteiger partial charge in [0.05, 0.1) is 12.0 Å². The molecule has 0 saturated heterocycles. The van der Waals surface area contributed by atoms with Gasteiger partial charge in [0, 0.05) is 0 Å². The van der Waals surface area contributed by atoms with Crippen LogP contribution in [0.2, 0.25) is 0 Å². The molecule has 1 N–H and O–H groups in total. The van der Waals surface area contributed by atoms with Crippen LogP contribution in [0.15, 0.2) is 18.2 Å². The lowest BCUT2D eigenvalue weighted by Gasteiger charge is -2.19. The van der Waals surface area contributed by atoms with Gasteiger partial charge in [0.2, 0.25) is 0 Å². The molecular weight excluding hydrogens is 239 g/mol. The number of aromatic carboxylic acids is 1. The van der Waals surface area contributed by atoms with Crippen molar-refractivity contribution in [3.05, 3.63) is 35.1 Å². The number of hydrogen-bond acceptors (Lipinski definition) is 3. The molecule has 0 unspecified atom stereocenters. The molecule has 1 aromatic rings. The molecule has 0 amide bonds. The van der Waals surface area contributed by atoms with Gasteiger partial charge >= 0.3 is 11.9 Å². The third-order valence-electron chi connectivity index (χ3n) is 2.06. The minimum Gasteiger partial charge on any atom is -0.478 e. The second-order valence-corrected chi connectivity index (χ2v) is 4.87. The van der Waals surface area contributed by atoms with E-state index in [1.165, 1.54) is 6.07 Å². The smallest absolute Gasteiger partial charge is 0.336 e. The van der Waals surface area contributed by atoms with Crippen molar-refractivity contribution in [2.75, 3.05) is 0 Å². The molecule has 0 aliphatic rings. The summed E-state index contributed by atoms with van der Waals surface area (Å²) in [5, 5.41) is 8.92. The van der Waals surface area contributed by atoms with E-state index in [0.29, 0.717) is 0 Å². The SMILES string of the molecule is CC(C)(C)OC(=O)Cc1ccc(F)cc1C(=O)O. The van der Waals surface area contributed by atoms with Crippen LogP contribution in [0, 0.1) is 5.82 Å². The Labute approximate surface area is 104 Å². The molecule has 0 fully saturated rings. The molecule has 5 heteroatoms. The van der Waals surface area contributed by atoms with Crippen molar-refractivity contribution >= 4 is 11.9 Å². The van der Waals surface area contributed by atoms with E-state index in [1.807, 2.05) is 0 Å². The topological polar surface area (TPSA) is 63.6 Å². The first-order valence-electron chi connectivity index (χ1n) is 5.42. The summed E-state index contributed by atoms with van der Waals surface area (Å²) in [5.41, 5.74) is -0.625. The lowest BCUT2D eigenvalue weighted by Crippen LogP contribution is -2.25. The number of carbonyl (C=O) groups excluding carboxylic acids is 1. The molecule has 0 aromatic heterocycles. The van der Waals surface area contributed by atoms with Crippen LogP contribution < -0.4 is 0 Å². The van der Waals surface area contributed by atoms with E-state index in [9.17, 15) is 14.0 Å². The molecule has 0 aliphatic carbocycles. The minimum absolute atomic E-state index is 0.195. The molecule has 4 nitrogen and oxygen atoms in total. The Morgan fingerprint density at radius 3 is 2.44 bits per heavy atom. The Kier molecular flexibility index (Phi) is 4.06. The highest BCUT2D eigenvalue weighted by atomic mass is 19.1. The lowest BCUT2D eigenvalue weighted by molar-refractivity contribution is -0.153. The molecule has 0 saturated carbocycles. The van der Waals surface area contributed by atoms with E-state index < -0.39 is 23.4 Å². The average Bonchev–Trinajstić information content (AvgIpc) is 2.17. The van der Waals surface area contributed by atoms with Crippen LogP contribution in [0.4, 0.5) is 4.39 Å². The number of benzene rings is 1. The first-order valence-corrected chi connectivity index (χ1v) is 5.42. The highest BCUT2D eigenvalue weighted by molar-refractivity contribution is 5.91. The number of carbonyl (C=O) groups is 2. The van der Waals surface area contributed by atoms with Gasteiger partial charge in [0.1, 0.15) is 11.4 Å². The Balaban J connectivity index is 2.91. The van der Waals surface area contributed by atoms with Gasteiger partial charge in [0.15, 0.2) is 0 Å². The van der Waals surface area contributed by atoms with Crippen LogP contribution in [0.3, 0.4) is 0 Å². The van der Waals surface area contributed by atoms with E-state index in [1.54, 1.807) is 20.8 Å². The number of carboxylic acid groups (broad SMARTS) is 1. The summed E-state index contributed by atoms with van der Waals surface area (Å²) in [6, 6.07) is 3.29. The minimum atomic E-state index is -1.27. The second kappa shape index (κ2) is 5.16. The number of hydrogen-bond donors (Lipinski definition) is 1. The summed E-state index contributed by atoms with van der Waals surface area (Å²) in [5.74, 6) is -2.47. The zero-order valence-electron chi connectivity index (χ0n) is 10.5. The fourth-order valence-corrected chi connectivity index (χ4v) is 1.44. The van der Waals surface area contributed by atoms with Crippen molar-refractivity contribution in [3.63, 3.8) is 0 Å². The third kappa shape index (κ3) is 4.16. The standard InChI is InChI=1S/C13H15FO4/c1-13(2,3)18-11(15)6-8-4-5-9(14)7-10(8)12(16)17/h4-5,7H,6H2,1-3H3,(H,16,17). The molecule has 1 aromatic carbocycles. The van der Waals surface area contributed by atoms with E-state index in [-0.39, 0.29) is 17.5 Å². The zero-order valence-corrected chi connectivity index (χ0v) is 10.5. The fourth-order valence-electron chi connectivity index (χ4n) is 1.44. The van der Waals surface area contributed by atoms with Gasteiger partial charge in [-0.3, -0.25) is 4.79 Å². The summed E-state index contributed by atoms with van der Waals surface area (Å²) in [7, 11) is 0. The second-order valence-electron chi connectivity index (χ2n) is 4.87. The molecule has 1 rings (SSSR count). The van der Waals surface area contributed by atoms with Crippen LogP contribution >= 0.6 is 0 Å². The molecule has 0 atom stereocenters. The first kappa shape index (κ1) is 14.2. The molecule has 0 aliphatic heterocycles. The molecule has 18 heavy (non-hydrogen) atoms.